The zero-order chi connectivity index (χ0) is 18.6. The van der Waals surface area contributed by atoms with E-state index in [1.54, 1.807) is 11.3 Å². The summed E-state index contributed by atoms with van der Waals surface area (Å²) in [5, 5.41) is 4.17. The van der Waals surface area contributed by atoms with Gasteiger partial charge in [-0.05, 0) is 31.2 Å². The molecule has 0 bridgehead atoms. The second-order valence-electron chi connectivity index (χ2n) is 6.92. The van der Waals surface area contributed by atoms with Crippen molar-refractivity contribution in [3.05, 3.63) is 59.6 Å². The summed E-state index contributed by atoms with van der Waals surface area (Å²) in [4.78, 5) is 21.9. The van der Waals surface area contributed by atoms with Gasteiger partial charge < -0.3 is 5.32 Å². The van der Waals surface area contributed by atoms with Crippen LogP contribution in [-0.4, -0.2) is 52.9 Å². The van der Waals surface area contributed by atoms with Crippen LogP contribution in [-0.2, 0) is 11.3 Å². The molecular weight excluding hydrogens is 356 g/mol. The summed E-state index contributed by atoms with van der Waals surface area (Å²) < 4.78 is 1.25. The third-order valence-corrected chi connectivity index (χ3v) is 6.09. The molecule has 2 aromatic carbocycles. The van der Waals surface area contributed by atoms with Crippen LogP contribution in [0.5, 0.6) is 0 Å². The van der Waals surface area contributed by atoms with Crippen LogP contribution in [0.1, 0.15) is 11.9 Å². The summed E-state index contributed by atoms with van der Waals surface area (Å²) in [7, 11) is 0. The molecule has 0 radical (unpaired) electrons. The number of rotatable bonds is 5. The lowest BCUT2D eigenvalue weighted by Crippen LogP contribution is -2.52. The summed E-state index contributed by atoms with van der Waals surface area (Å²) in [5.41, 5.74) is 1.94. The maximum absolute atomic E-state index is 12.5. The molecule has 1 atom stereocenters. The normalized spacial score (nSPS) is 17.1. The second kappa shape index (κ2) is 8.17. The minimum Gasteiger partial charge on any atom is -0.325 e. The lowest BCUT2D eigenvalue weighted by molar-refractivity contribution is -0.121. The highest BCUT2D eigenvalue weighted by Gasteiger charge is 2.26. The maximum Gasteiger partial charge on any atom is 0.241 e. The molecule has 4 rings (SSSR count). The third-order valence-electron chi connectivity index (χ3n) is 5.07. The summed E-state index contributed by atoms with van der Waals surface area (Å²) in [5.74, 6) is 0.0563. The monoisotopic (exact) mass is 380 g/mol. The quantitative estimate of drug-likeness (QED) is 0.737. The van der Waals surface area contributed by atoms with Crippen molar-refractivity contribution in [2.75, 3.05) is 31.5 Å². The van der Waals surface area contributed by atoms with E-state index in [9.17, 15) is 4.79 Å². The first-order chi connectivity index (χ1) is 13.2. The molecule has 140 valence electrons. The van der Waals surface area contributed by atoms with Gasteiger partial charge in [0.2, 0.25) is 5.91 Å². The summed E-state index contributed by atoms with van der Waals surface area (Å²) in [6.07, 6.45) is 0. The van der Waals surface area contributed by atoms with Crippen molar-refractivity contribution in [2.45, 2.75) is 19.5 Å². The molecule has 1 aromatic heterocycles. The van der Waals surface area contributed by atoms with Gasteiger partial charge in [-0.1, -0.05) is 30.3 Å². The molecule has 1 saturated heterocycles. The number of fused-ring (bicyclic) bond motifs is 1. The molecule has 1 fully saturated rings. The predicted octanol–water partition coefficient (Wildman–Crippen LogP) is 3.44. The summed E-state index contributed by atoms with van der Waals surface area (Å²) in [6, 6.07) is 17.8. The summed E-state index contributed by atoms with van der Waals surface area (Å²) >= 11 is 1.77. The average molecular weight is 381 g/mol. The number of nitrogens with zero attached hydrogens (tertiary/aromatic N) is 3. The first-order valence-corrected chi connectivity index (χ1v) is 10.2. The number of aromatic nitrogens is 1. The van der Waals surface area contributed by atoms with Crippen molar-refractivity contribution in [1.82, 2.24) is 14.8 Å². The number of hydrogen-bond donors (Lipinski definition) is 1. The van der Waals surface area contributed by atoms with Gasteiger partial charge in [0, 0.05) is 31.9 Å². The Balaban J connectivity index is 1.29. The van der Waals surface area contributed by atoms with Crippen LogP contribution >= 0.6 is 11.3 Å². The minimum absolute atomic E-state index is 0.0563. The van der Waals surface area contributed by atoms with E-state index >= 15 is 0 Å². The van der Waals surface area contributed by atoms with E-state index in [2.05, 4.69) is 33.3 Å². The van der Waals surface area contributed by atoms with Gasteiger partial charge in [-0.2, -0.15) is 0 Å². The number of carbonyl (C=O) groups is 1. The molecule has 6 heteroatoms. The molecule has 27 heavy (non-hydrogen) atoms. The van der Waals surface area contributed by atoms with Crippen LogP contribution in [0.15, 0.2) is 54.6 Å². The number of nitrogens with one attached hydrogen (secondary N) is 1. The largest absolute Gasteiger partial charge is 0.325 e. The van der Waals surface area contributed by atoms with Gasteiger partial charge in [0.15, 0.2) is 0 Å². The molecule has 0 aliphatic carbocycles. The predicted molar refractivity (Wildman–Crippen MR) is 111 cm³/mol. The molecule has 5 nitrogen and oxygen atoms in total. The fourth-order valence-electron chi connectivity index (χ4n) is 3.42. The van der Waals surface area contributed by atoms with E-state index in [0.29, 0.717) is 0 Å². The topological polar surface area (TPSA) is 48.5 Å². The smallest absolute Gasteiger partial charge is 0.241 e. The minimum atomic E-state index is -0.130. The summed E-state index contributed by atoms with van der Waals surface area (Å²) in [6.45, 7) is 6.58. The van der Waals surface area contributed by atoms with E-state index in [-0.39, 0.29) is 11.9 Å². The number of carbonyl (C=O) groups excluding carboxylic acids is 1. The number of thiazole rings is 1. The maximum atomic E-state index is 12.5. The first kappa shape index (κ1) is 18.1. The zero-order valence-electron chi connectivity index (χ0n) is 15.5. The van der Waals surface area contributed by atoms with Crippen LogP contribution in [0.2, 0.25) is 0 Å². The highest BCUT2D eigenvalue weighted by Crippen LogP contribution is 2.23. The number of piperazine rings is 1. The van der Waals surface area contributed by atoms with E-state index in [0.717, 1.165) is 43.9 Å². The standard InChI is InChI=1S/C21H24N4OS/c1-16(21(26)22-17-7-3-2-4-8-17)25-13-11-24(12-14-25)15-20-23-18-9-5-6-10-19(18)27-20/h2-10,16H,11-15H2,1H3,(H,22,26)/t16-/m1/s1. The molecule has 0 spiro atoms. The lowest BCUT2D eigenvalue weighted by atomic mass is 10.2. The van der Waals surface area contributed by atoms with Gasteiger partial charge in [-0.25, -0.2) is 4.98 Å². The van der Waals surface area contributed by atoms with Crippen molar-refractivity contribution >= 4 is 33.1 Å². The van der Waals surface area contributed by atoms with Crippen molar-refractivity contribution in [3.63, 3.8) is 0 Å². The molecule has 1 aliphatic rings. The van der Waals surface area contributed by atoms with Gasteiger partial charge in [-0.15, -0.1) is 11.3 Å². The van der Waals surface area contributed by atoms with Gasteiger partial charge >= 0.3 is 0 Å². The Morgan fingerprint density at radius 2 is 1.78 bits per heavy atom. The van der Waals surface area contributed by atoms with Crippen molar-refractivity contribution < 1.29 is 4.79 Å². The van der Waals surface area contributed by atoms with E-state index in [1.165, 1.54) is 9.71 Å². The van der Waals surface area contributed by atoms with Crippen LogP contribution < -0.4 is 5.32 Å². The third kappa shape index (κ3) is 4.35. The highest BCUT2D eigenvalue weighted by molar-refractivity contribution is 7.18. The molecule has 0 saturated carbocycles. The van der Waals surface area contributed by atoms with Crippen LogP contribution in [0.25, 0.3) is 10.2 Å². The molecule has 3 aromatic rings. The molecule has 1 amide bonds. The van der Waals surface area contributed by atoms with Crippen molar-refractivity contribution in [2.24, 2.45) is 0 Å². The second-order valence-corrected chi connectivity index (χ2v) is 8.03. The SMILES string of the molecule is C[C@H](C(=O)Nc1ccccc1)N1CCN(Cc2nc3ccccc3s2)CC1. The molecule has 0 unspecified atom stereocenters. The molecule has 1 aliphatic heterocycles. The fraction of sp³-hybridized carbons (Fsp3) is 0.333. The average Bonchev–Trinajstić information content (AvgIpc) is 3.11. The van der Waals surface area contributed by atoms with Gasteiger partial charge in [0.05, 0.1) is 22.8 Å². The van der Waals surface area contributed by atoms with Gasteiger partial charge in [0.1, 0.15) is 5.01 Å². The molecular formula is C21H24N4OS. The van der Waals surface area contributed by atoms with E-state index in [4.69, 9.17) is 4.98 Å². The number of benzene rings is 2. The Bertz CT molecular complexity index is 870. The van der Waals surface area contributed by atoms with Crippen LogP contribution in [0.4, 0.5) is 5.69 Å². The van der Waals surface area contributed by atoms with Crippen LogP contribution in [0, 0.1) is 0 Å². The fourth-order valence-corrected chi connectivity index (χ4v) is 4.43. The highest BCUT2D eigenvalue weighted by atomic mass is 32.1. The van der Waals surface area contributed by atoms with E-state index < -0.39 is 0 Å². The van der Waals surface area contributed by atoms with Crippen LogP contribution in [0.3, 0.4) is 0 Å². The Morgan fingerprint density at radius 3 is 2.52 bits per heavy atom. The molecule has 2 heterocycles. The van der Waals surface area contributed by atoms with Gasteiger partial charge in [-0.3, -0.25) is 14.6 Å². The van der Waals surface area contributed by atoms with Crippen molar-refractivity contribution in [1.29, 1.82) is 0 Å². The Labute approximate surface area is 163 Å². The zero-order valence-corrected chi connectivity index (χ0v) is 16.3. The number of anilines is 1. The number of para-hydroxylation sites is 2. The Hall–Kier alpha value is -2.28. The Morgan fingerprint density at radius 1 is 1.07 bits per heavy atom. The lowest BCUT2D eigenvalue weighted by Gasteiger charge is -2.37. The van der Waals surface area contributed by atoms with Crippen molar-refractivity contribution in [3.8, 4) is 0 Å². The molecule has 1 N–H and O–H groups in total. The van der Waals surface area contributed by atoms with Gasteiger partial charge in [0.25, 0.3) is 0 Å². The first-order valence-electron chi connectivity index (χ1n) is 9.36. The number of hydrogen-bond acceptors (Lipinski definition) is 5. The number of amides is 1. The Kier molecular flexibility index (Phi) is 5.48. The van der Waals surface area contributed by atoms with E-state index in [1.807, 2.05) is 43.3 Å².